The van der Waals surface area contributed by atoms with Crippen LogP contribution < -0.4 is 0 Å². The molecule has 2 rings (SSSR count). The molecule has 1 aliphatic rings. The average Bonchev–Trinajstić information content (AvgIpc) is 2.46. The lowest BCUT2D eigenvalue weighted by atomic mass is 9.97. The lowest BCUT2D eigenvalue weighted by Gasteiger charge is -2.29. The van der Waals surface area contributed by atoms with Crippen LogP contribution >= 0.6 is 0 Å². The van der Waals surface area contributed by atoms with E-state index < -0.39 is 0 Å². The van der Waals surface area contributed by atoms with E-state index in [9.17, 15) is 0 Å². The van der Waals surface area contributed by atoms with Crippen molar-refractivity contribution in [3.05, 3.63) is 52.7 Å². The van der Waals surface area contributed by atoms with Crippen molar-refractivity contribution in [3.8, 4) is 0 Å². The van der Waals surface area contributed by atoms with Crippen LogP contribution in [0.3, 0.4) is 0 Å². The standard InChI is InChI=1S/C20H28N2/c1-7-8-20(18-12-15(3)17(5)22(6)13-18)21-19-10-9-14(2)11-16(19)4/h9-13,17H,7-8H2,1-6H3. The van der Waals surface area contributed by atoms with Crippen LogP contribution in [0.25, 0.3) is 0 Å². The smallest absolute Gasteiger partial charge is 0.0662 e. The number of aryl methyl sites for hydroxylation is 2. The third kappa shape index (κ3) is 3.68. The van der Waals surface area contributed by atoms with Crippen molar-refractivity contribution < 1.29 is 0 Å². The summed E-state index contributed by atoms with van der Waals surface area (Å²) in [5.41, 5.74) is 7.45. The molecule has 1 heterocycles. The van der Waals surface area contributed by atoms with Crippen LogP contribution in [0.2, 0.25) is 0 Å². The van der Waals surface area contributed by atoms with E-state index in [1.807, 2.05) is 0 Å². The molecular formula is C20H28N2. The third-order valence-corrected chi connectivity index (χ3v) is 4.42. The summed E-state index contributed by atoms with van der Waals surface area (Å²) in [4.78, 5) is 7.26. The SMILES string of the molecule is CCCC(=Nc1ccc(C)cc1C)C1=CN(C)C(C)C(C)=C1. The summed E-state index contributed by atoms with van der Waals surface area (Å²) >= 11 is 0. The normalized spacial score (nSPS) is 19.1. The van der Waals surface area contributed by atoms with Crippen LogP contribution in [0.4, 0.5) is 5.69 Å². The van der Waals surface area contributed by atoms with Gasteiger partial charge in [0.15, 0.2) is 0 Å². The largest absolute Gasteiger partial charge is 0.373 e. The third-order valence-electron chi connectivity index (χ3n) is 4.42. The van der Waals surface area contributed by atoms with Gasteiger partial charge in [-0.3, -0.25) is 4.99 Å². The zero-order valence-corrected chi connectivity index (χ0v) is 14.8. The van der Waals surface area contributed by atoms with Crippen molar-refractivity contribution in [2.45, 2.75) is 53.5 Å². The fourth-order valence-electron chi connectivity index (χ4n) is 2.79. The molecule has 0 bridgehead atoms. The van der Waals surface area contributed by atoms with Crippen molar-refractivity contribution in [1.82, 2.24) is 4.90 Å². The van der Waals surface area contributed by atoms with E-state index in [1.165, 1.54) is 28.0 Å². The van der Waals surface area contributed by atoms with Crippen molar-refractivity contribution >= 4 is 11.4 Å². The Morgan fingerprint density at radius 3 is 2.55 bits per heavy atom. The van der Waals surface area contributed by atoms with Crippen molar-refractivity contribution in [2.24, 2.45) is 4.99 Å². The molecule has 1 atom stereocenters. The van der Waals surface area contributed by atoms with Gasteiger partial charge in [-0.25, -0.2) is 0 Å². The van der Waals surface area contributed by atoms with Gasteiger partial charge in [0.05, 0.1) is 5.69 Å². The van der Waals surface area contributed by atoms with Gasteiger partial charge >= 0.3 is 0 Å². The van der Waals surface area contributed by atoms with Gasteiger partial charge in [0.25, 0.3) is 0 Å². The predicted octanol–water partition coefficient (Wildman–Crippen LogP) is 5.34. The summed E-state index contributed by atoms with van der Waals surface area (Å²) in [5, 5.41) is 0. The highest BCUT2D eigenvalue weighted by atomic mass is 15.1. The number of benzene rings is 1. The molecule has 1 aromatic rings. The molecule has 0 spiro atoms. The minimum absolute atomic E-state index is 0.465. The van der Waals surface area contributed by atoms with Gasteiger partial charge in [0.2, 0.25) is 0 Å². The van der Waals surface area contributed by atoms with E-state index in [-0.39, 0.29) is 0 Å². The Morgan fingerprint density at radius 2 is 1.95 bits per heavy atom. The van der Waals surface area contributed by atoms with Gasteiger partial charge in [-0.1, -0.05) is 42.7 Å². The van der Waals surface area contributed by atoms with E-state index in [0.717, 1.165) is 18.5 Å². The Hall–Kier alpha value is -1.83. The van der Waals surface area contributed by atoms with Crippen molar-refractivity contribution in [1.29, 1.82) is 0 Å². The van der Waals surface area contributed by atoms with Gasteiger partial charge in [-0.2, -0.15) is 0 Å². The molecule has 1 aliphatic heterocycles. The first-order valence-electron chi connectivity index (χ1n) is 8.19. The Labute approximate surface area is 135 Å². The highest BCUT2D eigenvalue weighted by Gasteiger charge is 2.17. The highest BCUT2D eigenvalue weighted by molar-refractivity contribution is 6.04. The van der Waals surface area contributed by atoms with Crippen LogP contribution in [0, 0.1) is 13.8 Å². The Bertz CT molecular complexity index is 635. The van der Waals surface area contributed by atoms with Gasteiger partial charge < -0.3 is 4.90 Å². The van der Waals surface area contributed by atoms with Crippen LogP contribution in [-0.4, -0.2) is 23.7 Å². The fraction of sp³-hybridized carbons (Fsp3) is 0.450. The maximum atomic E-state index is 4.98. The summed E-state index contributed by atoms with van der Waals surface area (Å²) in [6.07, 6.45) is 6.64. The molecule has 1 unspecified atom stereocenters. The average molecular weight is 296 g/mol. The lowest BCUT2D eigenvalue weighted by molar-refractivity contribution is 0.385. The molecule has 118 valence electrons. The van der Waals surface area contributed by atoms with E-state index in [2.05, 4.69) is 77.0 Å². The number of hydrogen-bond donors (Lipinski definition) is 0. The Balaban J connectivity index is 2.42. The summed E-state index contributed by atoms with van der Waals surface area (Å²) < 4.78 is 0. The number of allylic oxidation sites excluding steroid dienone is 2. The fourth-order valence-corrected chi connectivity index (χ4v) is 2.79. The van der Waals surface area contributed by atoms with Crippen LogP contribution in [0.1, 0.15) is 44.7 Å². The predicted molar refractivity (Wildman–Crippen MR) is 97.0 cm³/mol. The summed E-state index contributed by atoms with van der Waals surface area (Å²) in [5.74, 6) is 0. The second-order valence-corrected chi connectivity index (χ2v) is 6.41. The molecule has 1 aromatic carbocycles. The van der Waals surface area contributed by atoms with E-state index >= 15 is 0 Å². The van der Waals surface area contributed by atoms with Gasteiger partial charge in [-0.05, 0) is 45.7 Å². The van der Waals surface area contributed by atoms with Crippen LogP contribution in [-0.2, 0) is 0 Å². The molecule has 0 saturated heterocycles. The van der Waals surface area contributed by atoms with Crippen molar-refractivity contribution in [2.75, 3.05) is 7.05 Å². The zero-order valence-electron chi connectivity index (χ0n) is 14.8. The molecule has 0 aliphatic carbocycles. The second kappa shape index (κ2) is 6.95. The lowest BCUT2D eigenvalue weighted by Crippen LogP contribution is -2.29. The number of nitrogens with zero attached hydrogens (tertiary/aromatic N) is 2. The van der Waals surface area contributed by atoms with Crippen LogP contribution in [0.15, 0.2) is 46.6 Å². The van der Waals surface area contributed by atoms with E-state index in [4.69, 9.17) is 4.99 Å². The maximum absolute atomic E-state index is 4.98. The summed E-state index contributed by atoms with van der Waals surface area (Å²) in [7, 11) is 2.14. The first kappa shape index (κ1) is 16.5. The highest BCUT2D eigenvalue weighted by Crippen LogP contribution is 2.25. The molecule has 0 aromatic heterocycles. The maximum Gasteiger partial charge on any atom is 0.0662 e. The molecule has 22 heavy (non-hydrogen) atoms. The van der Waals surface area contributed by atoms with E-state index in [0.29, 0.717) is 6.04 Å². The molecule has 2 heteroatoms. The number of rotatable bonds is 4. The molecular weight excluding hydrogens is 268 g/mol. The van der Waals surface area contributed by atoms with Crippen LogP contribution in [0.5, 0.6) is 0 Å². The number of likely N-dealkylation sites (N-methyl/N-ethyl adjacent to an activating group) is 1. The topological polar surface area (TPSA) is 15.6 Å². The van der Waals surface area contributed by atoms with Gasteiger partial charge in [0.1, 0.15) is 0 Å². The number of aliphatic imine (C=N–C) groups is 1. The molecule has 0 radical (unpaired) electrons. The monoisotopic (exact) mass is 296 g/mol. The Morgan fingerprint density at radius 1 is 1.23 bits per heavy atom. The first-order chi connectivity index (χ1) is 10.4. The van der Waals surface area contributed by atoms with Gasteiger partial charge in [-0.15, -0.1) is 0 Å². The molecule has 0 fully saturated rings. The molecule has 0 saturated carbocycles. The molecule has 0 amide bonds. The van der Waals surface area contributed by atoms with Gasteiger partial charge in [0, 0.05) is 30.6 Å². The summed E-state index contributed by atoms with van der Waals surface area (Å²) in [6, 6.07) is 6.94. The molecule has 2 nitrogen and oxygen atoms in total. The van der Waals surface area contributed by atoms with E-state index in [1.54, 1.807) is 0 Å². The Kier molecular flexibility index (Phi) is 5.23. The number of hydrogen-bond acceptors (Lipinski definition) is 2. The first-order valence-corrected chi connectivity index (χ1v) is 8.19. The quantitative estimate of drug-likeness (QED) is 0.685. The second-order valence-electron chi connectivity index (χ2n) is 6.41. The minimum Gasteiger partial charge on any atom is -0.373 e. The molecule has 0 N–H and O–H groups in total. The summed E-state index contributed by atoms with van der Waals surface area (Å²) in [6.45, 7) is 10.9. The minimum atomic E-state index is 0.465. The zero-order chi connectivity index (χ0) is 16.3. The van der Waals surface area contributed by atoms with Crippen molar-refractivity contribution in [3.63, 3.8) is 0 Å².